The van der Waals surface area contributed by atoms with Gasteiger partial charge in [-0.25, -0.2) is 0 Å². The monoisotopic (exact) mass is 297 g/mol. The molecule has 0 aliphatic carbocycles. The summed E-state index contributed by atoms with van der Waals surface area (Å²) in [6.45, 7) is 1.57. The van der Waals surface area contributed by atoms with Gasteiger partial charge >= 0.3 is 5.69 Å². The van der Waals surface area contributed by atoms with Crippen LogP contribution in [0.15, 0.2) is 12.1 Å². The number of methoxy groups -OCH3 is 1. The van der Waals surface area contributed by atoms with Crippen LogP contribution in [-0.2, 0) is 4.74 Å². The van der Waals surface area contributed by atoms with Gasteiger partial charge in [0.15, 0.2) is 0 Å². The Bertz CT molecular complexity index is 489. The molecule has 0 atom stereocenters. The first-order valence-electron chi connectivity index (χ1n) is 6.82. The number of nitrogens with zero attached hydrogens (tertiary/aromatic N) is 3. The molecule has 8 heteroatoms. The highest BCUT2D eigenvalue weighted by atomic mass is 16.6. The van der Waals surface area contributed by atoms with E-state index in [4.69, 9.17) is 14.6 Å². The van der Waals surface area contributed by atoms with Crippen LogP contribution < -0.4 is 9.64 Å². The fourth-order valence-electron chi connectivity index (χ4n) is 2.37. The Hall–Kier alpha value is -1.93. The van der Waals surface area contributed by atoms with E-state index in [-0.39, 0.29) is 18.4 Å². The van der Waals surface area contributed by atoms with Crippen molar-refractivity contribution in [1.29, 1.82) is 0 Å². The molecular weight excluding hydrogens is 278 g/mol. The van der Waals surface area contributed by atoms with Crippen molar-refractivity contribution in [3.8, 4) is 5.88 Å². The molecule has 1 aromatic heterocycles. The van der Waals surface area contributed by atoms with E-state index in [9.17, 15) is 10.1 Å². The molecule has 0 unspecified atom stereocenters. The minimum Gasteiger partial charge on any atom is -0.481 e. The number of ether oxygens (including phenoxy) is 2. The van der Waals surface area contributed by atoms with Gasteiger partial charge in [0.05, 0.1) is 31.4 Å². The van der Waals surface area contributed by atoms with E-state index < -0.39 is 4.92 Å². The van der Waals surface area contributed by atoms with E-state index in [2.05, 4.69) is 4.98 Å². The molecule has 1 aromatic rings. The van der Waals surface area contributed by atoms with Gasteiger partial charge in [0.1, 0.15) is 0 Å². The summed E-state index contributed by atoms with van der Waals surface area (Å²) in [6.07, 6.45) is 1.57. The topological polar surface area (TPSA) is 98.0 Å². The second kappa shape index (κ2) is 7.19. The van der Waals surface area contributed by atoms with Crippen molar-refractivity contribution < 1.29 is 19.5 Å². The summed E-state index contributed by atoms with van der Waals surface area (Å²) in [5, 5.41) is 19.9. The molecule has 1 aliphatic heterocycles. The number of pyridine rings is 1. The lowest BCUT2D eigenvalue weighted by atomic mass is 10.1. The molecule has 0 bridgehead atoms. The van der Waals surface area contributed by atoms with Gasteiger partial charge in [-0.1, -0.05) is 0 Å². The summed E-state index contributed by atoms with van der Waals surface area (Å²) in [6, 6.07) is 2.90. The van der Waals surface area contributed by atoms with Crippen molar-refractivity contribution in [2.75, 3.05) is 38.3 Å². The van der Waals surface area contributed by atoms with Gasteiger partial charge < -0.3 is 19.5 Å². The highest BCUT2D eigenvalue weighted by molar-refractivity contribution is 5.59. The van der Waals surface area contributed by atoms with E-state index >= 15 is 0 Å². The summed E-state index contributed by atoms with van der Waals surface area (Å²) < 4.78 is 10.5. The second-order valence-corrected chi connectivity index (χ2v) is 4.73. The average Bonchev–Trinajstić information content (AvgIpc) is 2.52. The van der Waals surface area contributed by atoms with Crippen molar-refractivity contribution in [3.05, 3.63) is 22.2 Å². The van der Waals surface area contributed by atoms with E-state index in [1.54, 1.807) is 0 Å². The Morgan fingerprint density at radius 3 is 2.76 bits per heavy atom. The normalized spacial score (nSPS) is 16.0. The Labute approximate surface area is 122 Å². The average molecular weight is 297 g/mol. The zero-order valence-electron chi connectivity index (χ0n) is 11.9. The third-order valence-corrected chi connectivity index (χ3v) is 3.42. The molecule has 0 spiro atoms. The molecule has 0 saturated carbocycles. The van der Waals surface area contributed by atoms with Gasteiger partial charge in [0, 0.05) is 25.2 Å². The van der Waals surface area contributed by atoms with Crippen LogP contribution in [0, 0.1) is 10.1 Å². The van der Waals surface area contributed by atoms with Gasteiger partial charge in [-0.15, -0.1) is 0 Å². The summed E-state index contributed by atoms with van der Waals surface area (Å²) in [5.74, 6) is 0.689. The number of hydrogen-bond donors (Lipinski definition) is 1. The molecule has 1 N–H and O–H groups in total. The van der Waals surface area contributed by atoms with E-state index in [1.807, 2.05) is 4.90 Å². The van der Waals surface area contributed by atoms with Crippen LogP contribution in [0.1, 0.15) is 12.8 Å². The van der Waals surface area contributed by atoms with Crippen molar-refractivity contribution in [2.45, 2.75) is 18.9 Å². The van der Waals surface area contributed by atoms with Crippen LogP contribution in [0.3, 0.4) is 0 Å². The highest BCUT2D eigenvalue weighted by Crippen LogP contribution is 2.30. The highest BCUT2D eigenvalue weighted by Gasteiger charge is 2.27. The number of anilines is 1. The quantitative estimate of drug-likeness (QED) is 0.617. The maximum atomic E-state index is 11.1. The third-order valence-electron chi connectivity index (χ3n) is 3.42. The summed E-state index contributed by atoms with van der Waals surface area (Å²) in [4.78, 5) is 16.8. The van der Waals surface area contributed by atoms with Crippen LogP contribution in [0.2, 0.25) is 0 Å². The van der Waals surface area contributed by atoms with E-state index in [0.717, 1.165) is 12.8 Å². The molecule has 1 aliphatic rings. The lowest BCUT2D eigenvalue weighted by Crippen LogP contribution is -2.38. The molecule has 1 saturated heterocycles. The van der Waals surface area contributed by atoms with Gasteiger partial charge in [-0.3, -0.25) is 10.1 Å². The molecule has 2 heterocycles. The lowest BCUT2D eigenvalue weighted by Gasteiger charge is -2.32. The van der Waals surface area contributed by atoms with Gasteiger partial charge in [0.2, 0.25) is 11.7 Å². The fraction of sp³-hybridized carbons (Fsp3) is 0.615. The number of hydrogen-bond acceptors (Lipinski definition) is 7. The number of aliphatic hydroxyl groups excluding tert-OH is 1. The number of aromatic nitrogens is 1. The van der Waals surface area contributed by atoms with Crippen molar-refractivity contribution >= 4 is 11.5 Å². The largest absolute Gasteiger partial charge is 0.481 e. The minimum atomic E-state index is -0.434. The smallest absolute Gasteiger partial charge is 0.311 e. The van der Waals surface area contributed by atoms with Crippen LogP contribution in [0.25, 0.3) is 0 Å². The predicted molar refractivity (Wildman–Crippen MR) is 75.7 cm³/mol. The summed E-state index contributed by atoms with van der Waals surface area (Å²) in [7, 11) is 1.48. The number of aliphatic hydroxyl groups is 1. The lowest BCUT2D eigenvalue weighted by molar-refractivity contribution is -0.384. The van der Waals surface area contributed by atoms with Gasteiger partial charge in [-0.05, 0) is 12.8 Å². The number of piperidine rings is 1. The van der Waals surface area contributed by atoms with Crippen LogP contribution in [-0.4, -0.2) is 54.5 Å². The van der Waals surface area contributed by atoms with E-state index in [0.29, 0.717) is 31.4 Å². The Morgan fingerprint density at radius 2 is 2.19 bits per heavy atom. The molecule has 1 fully saturated rings. The van der Waals surface area contributed by atoms with E-state index in [1.165, 1.54) is 19.2 Å². The predicted octanol–water partition coefficient (Wildman–Crippen LogP) is 0.976. The molecule has 8 nitrogen and oxygen atoms in total. The van der Waals surface area contributed by atoms with Gasteiger partial charge in [-0.2, -0.15) is 4.98 Å². The molecule has 0 radical (unpaired) electrons. The maximum absolute atomic E-state index is 11.1. The standard InChI is InChI=1S/C13H19N3O5/c1-20-12-3-2-11(16(18)19)13(14-12)15-6-4-10(5-7-15)21-9-8-17/h2-3,10,17H,4-9H2,1H3. The molecule has 2 rings (SSSR count). The number of nitro groups is 1. The molecular formula is C13H19N3O5. The Morgan fingerprint density at radius 1 is 1.48 bits per heavy atom. The van der Waals surface area contributed by atoms with Crippen molar-refractivity contribution in [1.82, 2.24) is 4.98 Å². The third kappa shape index (κ3) is 3.79. The molecule has 21 heavy (non-hydrogen) atoms. The zero-order chi connectivity index (χ0) is 15.2. The van der Waals surface area contributed by atoms with Crippen LogP contribution in [0.4, 0.5) is 11.5 Å². The summed E-state index contributed by atoms with van der Waals surface area (Å²) >= 11 is 0. The maximum Gasteiger partial charge on any atom is 0.311 e. The Kier molecular flexibility index (Phi) is 5.29. The van der Waals surface area contributed by atoms with Crippen LogP contribution in [0.5, 0.6) is 5.88 Å². The first-order valence-corrected chi connectivity index (χ1v) is 6.82. The molecule has 0 aromatic carbocycles. The van der Waals surface area contributed by atoms with Crippen LogP contribution >= 0.6 is 0 Å². The van der Waals surface area contributed by atoms with Crippen molar-refractivity contribution in [2.24, 2.45) is 0 Å². The first-order chi connectivity index (χ1) is 10.2. The minimum absolute atomic E-state index is 0.00310. The fourth-order valence-corrected chi connectivity index (χ4v) is 2.37. The summed E-state index contributed by atoms with van der Waals surface area (Å²) in [5.41, 5.74) is -0.0227. The molecule has 116 valence electrons. The number of rotatable bonds is 6. The second-order valence-electron chi connectivity index (χ2n) is 4.73. The van der Waals surface area contributed by atoms with Gasteiger partial charge in [0.25, 0.3) is 0 Å². The Balaban J connectivity index is 2.09. The SMILES string of the molecule is COc1ccc([N+](=O)[O-])c(N2CCC(OCCO)CC2)n1. The van der Waals surface area contributed by atoms with Crippen molar-refractivity contribution in [3.63, 3.8) is 0 Å². The zero-order valence-corrected chi connectivity index (χ0v) is 11.9. The molecule has 0 amide bonds. The first kappa shape index (κ1) is 15.5.